The van der Waals surface area contributed by atoms with E-state index in [1.807, 2.05) is 13.8 Å². The van der Waals surface area contributed by atoms with Gasteiger partial charge in [0.15, 0.2) is 0 Å². The molecule has 1 aliphatic rings. The molecule has 0 unspecified atom stereocenters. The highest BCUT2D eigenvalue weighted by Crippen LogP contribution is 2.34. The summed E-state index contributed by atoms with van der Waals surface area (Å²) in [5.74, 6) is 1.17. The first-order valence-electron chi connectivity index (χ1n) is 8.50. The number of ether oxygens (including phenoxy) is 2. The van der Waals surface area contributed by atoms with Crippen molar-refractivity contribution in [1.82, 2.24) is 14.9 Å². The van der Waals surface area contributed by atoms with Gasteiger partial charge in [-0.15, -0.1) is 11.3 Å². The molecular formula is C17H24N4O3S. The Kier molecular flexibility index (Phi) is 5.82. The largest absolute Gasteiger partial charge is 0.465 e. The molecule has 3 rings (SSSR count). The van der Waals surface area contributed by atoms with Crippen molar-refractivity contribution in [3.05, 3.63) is 16.3 Å². The SMILES string of the molecule is COC(=O)c1sc2nc(C)nc(NCCCN3CCOCC3)c2c1C. The van der Waals surface area contributed by atoms with Crippen molar-refractivity contribution < 1.29 is 14.3 Å². The second-order valence-corrected chi connectivity index (χ2v) is 7.08. The molecule has 2 aromatic rings. The molecule has 0 spiro atoms. The summed E-state index contributed by atoms with van der Waals surface area (Å²) in [7, 11) is 1.40. The van der Waals surface area contributed by atoms with E-state index in [4.69, 9.17) is 9.47 Å². The fourth-order valence-corrected chi connectivity index (χ4v) is 4.14. The highest BCUT2D eigenvalue weighted by Gasteiger charge is 2.20. The number of methoxy groups -OCH3 is 1. The first-order valence-corrected chi connectivity index (χ1v) is 9.32. The van der Waals surface area contributed by atoms with Gasteiger partial charge in [-0.3, -0.25) is 4.90 Å². The second-order valence-electron chi connectivity index (χ2n) is 6.08. The van der Waals surface area contributed by atoms with Crippen molar-refractivity contribution in [2.45, 2.75) is 20.3 Å². The molecule has 0 radical (unpaired) electrons. The number of nitrogens with one attached hydrogen (secondary N) is 1. The molecule has 0 bridgehead atoms. The smallest absolute Gasteiger partial charge is 0.348 e. The van der Waals surface area contributed by atoms with Crippen LogP contribution in [0.3, 0.4) is 0 Å². The molecule has 8 heteroatoms. The van der Waals surface area contributed by atoms with E-state index < -0.39 is 0 Å². The molecule has 3 heterocycles. The summed E-state index contributed by atoms with van der Waals surface area (Å²) >= 11 is 1.36. The first-order chi connectivity index (χ1) is 12.1. The van der Waals surface area contributed by atoms with Crippen LogP contribution in [0.4, 0.5) is 5.82 Å². The van der Waals surface area contributed by atoms with Gasteiger partial charge in [-0.2, -0.15) is 0 Å². The third-order valence-corrected chi connectivity index (χ3v) is 5.49. The second kappa shape index (κ2) is 8.07. The topological polar surface area (TPSA) is 76.6 Å². The minimum atomic E-state index is -0.323. The zero-order valence-corrected chi connectivity index (χ0v) is 15.7. The van der Waals surface area contributed by atoms with Crippen LogP contribution in [0.25, 0.3) is 10.2 Å². The number of fused-ring (bicyclic) bond motifs is 1. The van der Waals surface area contributed by atoms with Crippen LogP contribution < -0.4 is 5.32 Å². The molecule has 1 fully saturated rings. The quantitative estimate of drug-likeness (QED) is 0.622. The van der Waals surface area contributed by atoms with Gasteiger partial charge in [0, 0.05) is 19.6 Å². The minimum Gasteiger partial charge on any atom is -0.465 e. The lowest BCUT2D eigenvalue weighted by atomic mass is 10.2. The Hall–Kier alpha value is -1.77. The monoisotopic (exact) mass is 364 g/mol. The number of morpholine rings is 1. The van der Waals surface area contributed by atoms with Gasteiger partial charge < -0.3 is 14.8 Å². The summed E-state index contributed by atoms with van der Waals surface area (Å²) in [5, 5.41) is 4.34. The van der Waals surface area contributed by atoms with Crippen LogP contribution in [0, 0.1) is 13.8 Å². The minimum absolute atomic E-state index is 0.323. The van der Waals surface area contributed by atoms with Gasteiger partial charge in [0.2, 0.25) is 0 Å². The lowest BCUT2D eigenvalue weighted by molar-refractivity contribution is 0.0378. The van der Waals surface area contributed by atoms with Crippen molar-refractivity contribution in [2.75, 3.05) is 51.8 Å². The number of carbonyl (C=O) groups excluding carboxylic acids is 1. The van der Waals surface area contributed by atoms with Gasteiger partial charge in [-0.1, -0.05) is 0 Å². The number of thiophene rings is 1. The van der Waals surface area contributed by atoms with E-state index in [2.05, 4.69) is 20.2 Å². The van der Waals surface area contributed by atoms with Gasteiger partial charge in [0.05, 0.1) is 25.7 Å². The van der Waals surface area contributed by atoms with Crippen molar-refractivity contribution >= 4 is 33.3 Å². The molecule has 0 amide bonds. The molecule has 0 aliphatic carbocycles. The van der Waals surface area contributed by atoms with Crippen LogP contribution in [0.1, 0.15) is 27.5 Å². The van der Waals surface area contributed by atoms with E-state index in [0.717, 1.165) is 67.4 Å². The molecule has 0 saturated carbocycles. The Morgan fingerprint density at radius 2 is 2.08 bits per heavy atom. The Labute approximate surface area is 151 Å². The van der Waals surface area contributed by atoms with Crippen LogP contribution in [-0.2, 0) is 9.47 Å². The molecule has 2 aromatic heterocycles. The predicted octanol–water partition coefficient (Wildman–Crippen LogP) is 2.23. The van der Waals surface area contributed by atoms with E-state index >= 15 is 0 Å². The number of hydrogen-bond acceptors (Lipinski definition) is 8. The molecule has 136 valence electrons. The molecule has 1 aliphatic heterocycles. The summed E-state index contributed by atoms with van der Waals surface area (Å²) in [6, 6.07) is 0. The number of nitrogens with zero attached hydrogens (tertiary/aromatic N) is 3. The Morgan fingerprint density at radius 3 is 2.80 bits per heavy atom. The highest BCUT2D eigenvalue weighted by molar-refractivity contribution is 7.20. The van der Waals surface area contributed by atoms with Crippen LogP contribution in [0.15, 0.2) is 0 Å². The van der Waals surface area contributed by atoms with Crippen molar-refractivity contribution in [2.24, 2.45) is 0 Å². The lowest BCUT2D eigenvalue weighted by Gasteiger charge is -2.26. The van der Waals surface area contributed by atoms with Crippen molar-refractivity contribution in [3.8, 4) is 0 Å². The van der Waals surface area contributed by atoms with Crippen LogP contribution in [0.5, 0.6) is 0 Å². The van der Waals surface area contributed by atoms with E-state index in [1.165, 1.54) is 18.4 Å². The average Bonchev–Trinajstić information content (AvgIpc) is 2.95. The third kappa shape index (κ3) is 4.08. The average molecular weight is 364 g/mol. The molecule has 1 N–H and O–H groups in total. The first kappa shape index (κ1) is 18.0. The van der Waals surface area contributed by atoms with E-state index in [0.29, 0.717) is 10.7 Å². The molecule has 7 nitrogen and oxygen atoms in total. The van der Waals surface area contributed by atoms with Gasteiger partial charge >= 0.3 is 5.97 Å². The van der Waals surface area contributed by atoms with Crippen LogP contribution in [-0.4, -0.2) is 67.3 Å². The zero-order valence-electron chi connectivity index (χ0n) is 14.9. The number of carbonyl (C=O) groups is 1. The van der Waals surface area contributed by atoms with E-state index in [1.54, 1.807) is 0 Å². The zero-order chi connectivity index (χ0) is 17.8. The fourth-order valence-electron chi connectivity index (χ4n) is 3.00. The summed E-state index contributed by atoms with van der Waals surface area (Å²) in [4.78, 5) is 24.8. The third-order valence-electron chi connectivity index (χ3n) is 4.32. The summed E-state index contributed by atoms with van der Waals surface area (Å²) in [5.41, 5.74) is 0.877. The maximum Gasteiger partial charge on any atom is 0.348 e. The molecule has 0 aromatic carbocycles. The number of rotatable bonds is 6. The highest BCUT2D eigenvalue weighted by atomic mass is 32.1. The Bertz CT molecular complexity index is 756. The van der Waals surface area contributed by atoms with E-state index in [-0.39, 0.29) is 5.97 Å². The van der Waals surface area contributed by atoms with Gasteiger partial charge in [0.25, 0.3) is 0 Å². The van der Waals surface area contributed by atoms with Crippen LogP contribution in [0.2, 0.25) is 0 Å². The fraction of sp³-hybridized carbons (Fsp3) is 0.588. The van der Waals surface area contributed by atoms with Crippen LogP contribution >= 0.6 is 11.3 Å². The molecule has 0 atom stereocenters. The maximum absolute atomic E-state index is 11.9. The summed E-state index contributed by atoms with van der Waals surface area (Å²) < 4.78 is 10.2. The molecular weight excluding hydrogens is 340 g/mol. The predicted molar refractivity (Wildman–Crippen MR) is 98.6 cm³/mol. The van der Waals surface area contributed by atoms with Gasteiger partial charge in [-0.25, -0.2) is 14.8 Å². The summed E-state index contributed by atoms with van der Waals surface area (Å²) in [6.45, 7) is 9.30. The molecule has 1 saturated heterocycles. The number of hydrogen-bond donors (Lipinski definition) is 1. The maximum atomic E-state index is 11.9. The molecule has 25 heavy (non-hydrogen) atoms. The van der Waals surface area contributed by atoms with E-state index in [9.17, 15) is 4.79 Å². The van der Waals surface area contributed by atoms with Gasteiger partial charge in [0.1, 0.15) is 21.3 Å². The number of aromatic nitrogens is 2. The van der Waals surface area contributed by atoms with Crippen molar-refractivity contribution in [3.63, 3.8) is 0 Å². The Morgan fingerprint density at radius 1 is 1.32 bits per heavy atom. The number of anilines is 1. The van der Waals surface area contributed by atoms with Crippen molar-refractivity contribution in [1.29, 1.82) is 0 Å². The summed E-state index contributed by atoms with van der Waals surface area (Å²) in [6.07, 6.45) is 1.03. The standard InChI is InChI=1S/C17H24N4O3S/c1-11-13-15(18-5-4-6-21-7-9-24-10-8-21)19-12(2)20-16(13)25-14(11)17(22)23-3/h4-10H2,1-3H3,(H,18,19,20). The number of esters is 1. The van der Waals surface area contributed by atoms with Gasteiger partial charge in [-0.05, 0) is 32.4 Å². The Balaban J connectivity index is 1.71. The number of aryl methyl sites for hydroxylation is 2. The normalized spacial score (nSPS) is 15.5. The lowest BCUT2D eigenvalue weighted by Crippen LogP contribution is -2.37.